The van der Waals surface area contributed by atoms with Crippen LogP contribution in [0.1, 0.15) is 32.6 Å². The molecule has 0 bridgehead atoms. The number of carbonyl (C=O) groups is 1. The van der Waals surface area contributed by atoms with Crippen LogP contribution in [0.4, 0.5) is 0 Å². The maximum absolute atomic E-state index is 11.8. The summed E-state index contributed by atoms with van der Waals surface area (Å²) >= 11 is 0. The zero-order chi connectivity index (χ0) is 11.4. The average molecular weight is 263 g/mol. The van der Waals surface area contributed by atoms with Gasteiger partial charge in [0.2, 0.25) is 5.91 Å². The van der Waals surface area contributed by atoms with Crippen LogP contribution < -0.4 is 10.6 Å². The van der Waals surface area contributed by atoms with E-state index in [-0.39, 0.29) is 29.8 Å². The summed E-state index contributed by atoms with van der Waals surface area (Å²) in [6.07, 6.45) is 4.08. The third kappa shape index (κ3) is 4.12. The van der Waals surface area contributed by atoms with Crippen molar-refractivity contribution in [2.45, 2.75) is 38.7 Å². The molecule has 0 aromatic carbocycles. The van der Waals surface area contributed by atoms with Gasteiger partial charge in [-0.3, -0.25) is 4.79 Å². The molecule has 0 aromatic heterocycles. The van der Waals surface area contributed by atoms with Crippen molar-refractivity contribution in [2.24, 2.45) is 5.41 Å². The number of ether oxygens (including phenoxy) is 1. The largest absolute Gasteiger partial charge is 0.368 e. The van der Waals surface area contributed by atoms with E-state index >= 15 is 0 Å². The fourth-order valence-corrected chi connectivity index (χ4v) is 2.47. The van der Waals surface area contributed by atoms with E-state index in [2.05, 4.69) is 17.6 Å². The molecule has 0 aliphatic carbocycles. The molecule has 17 heavy (non-hydrogen) atoms. The lowest BCUT2D eigenvalue weighted by molar-refractivity contribution is -0.130. The van der Waals surface area contributed by atoms with E-state index in [9.17, 15) is 4.79 Å². The number of nitrogens with one attached hydrogen (secondary N) is 2. The van der Waals surface area contributed by atoms with Crippen molar-refractivity contribution >= 4 is 18.3 Å². The molecule has 2 saturated heterocycles. The number of hydrogen-bond donors (Lipinski definition) is 2. The van der Waals surface area contributed by atoms with Gasteiger partial charge in [-0.1, -0.05) is 6.92 Å². The molecule has 1 unspecified atom stereocenters. The lowest BCUT2D eigenvalue weighted by Crippen LogP contribution is -2.47. The van der Waals surface area contributed by atoms with Gasteiger partial charge in [0, 0.05) is 19.7 Å². The van der Waals surface area contributed by atoms with Gasteiger partial charge in [0.25, 0.3) is 0 Å². The Hall–Kier alpha value is -0.320. The van der Waals surface area contributed by atoms with E-state index in [0.717, 1.165) is 39.1 Å². The Labute approximate surface area is 109 Å². The minimum atomic E-state index is -0.194. The highest BCUT2D eigenvalue weighted by Gasteiger charge is 2.29. The first-order chi connectivity index (χ1) is 7.70. The van der Waals surface area contributed by atoms with Crippen molar-refractivity contribution in [3.05, 3.63) is 0 Å². The van der Waals surface area contributed by atoms with Gasteiger partial charge in [0.05, 0.1) is 0 Å². The van der Waals surface area contributed by atoms with Crippen molar-refractivity contribution in [2.75, 3.05) is 26.2 Å². The van der Waals surface area contributed by atoms with Crippen molar-refractivity contribution in [3.8, 4) is 0 Å². The summed E-state index contributed by atoms with van der Waals surface area (Å²) in [6.45, 7) is 5.83. The van der Waals surface area contributed by atoms with Crippen LogP contribution in [0.25, 0.3) is 0 Å². The smallest absolute Gasteiger partial charge is 0.249 e. The summed E-state index contributed by atoms with van der Waals surface area (Å²) in [7, 11) is 0. The summed E-state index contributed by atoms with van der Waals surface area (Å²) < 4.78 is 5.36. The molecule has 0 aromatic rings. The monoisotopic (exact) mass is 262 g/mol. The molecule has 1 amide bonds. The first-order valence-corrected chi connectivity index (χ1v) is 6.30. The number of hydrogen-bond acceptors (Lipinski definition) is 3. The van der Waals surface area contributed by atoms with Crippen LogP contribution in [0.15, 0.2) is 0 Å². The normalized spacial score (nSPS) is 32.9. The lowest BCUT2D eigenvalue weighted by atomic mass is 9.83. The summed E-state index contributed by atoms with van der Waals surface area (Å²) in [4.78, 5) is 11.8. The third-order valence-electron chi connectivity index (χ3n) is 3.60. The van der Waals surface area contributed by atoms with E-state index in [1.165, 1.54) is 12.8 Å². The van der Waals surface area contributed by atoms with Crippen LogP contribution in [0, 0.1) is 5.41 Å². The summed E-state index contributed by atoms with van der Waals surface area (Å²) in [5, 5.41) is 6.42. The summed E-state index contributed by atoms with van der Waals surface area (Å²) in [5.41, 5.74) is 0.215. The molecular formula is C12H23ClN2O2. The Morgan fingerprint density at radius 3 is 2.94 bits per heavy atom. The van der Waals surface area contributed by atoms with Crippen LogP contribution in [0.2, 0.25) is 0 Å². The van der Waals surface area contributed by atoms with E-state index < -0.39 is 0 Å². The molecule has 2 fully saturated rings. The molecule has 0 saturated carbocycles. The number of piperidine rings is 1. The van der Waals surface area contributed by atoms with Gasteiger partial charge in [-0.2, -0.15) is 0 Å². The Balaban J connectivity index is 0.00000144. The fraction of sp³-hybridized carbons (Fsp3) is 0.917. The van der Waals surface area contributed by atoms with Crippen LogP contribution in [0.5, 0.6) is 0 Å². The van der Waals surface area contributed by atoms with Crippen LogP contribution in [-0.2, 0) is 9.53 Å². The maximum Gasteiger partial charge on any atom is 0.249 e. The quantitative estimate of drug-likeness (QED) is 0.801. The molecule has 5 heteroatoms. The third-order valence-corrected chi connectivity index (χ3v) is 3.60. The van der Waals surface area contributed by atoms with Gasteiger partial charge in [0.15, 0.2) is 0 Å². The van der Waals surface area contributed by atoms with Crippen molar-refractivity contribution in [1.29, 1.82) is 0 Å². The second-order valence-corrected chi connectivity index (χ2v) is 5.31. The highest BCUT2D eigenvalue weighted by Crippen LogP contribution is 2.24. The highest BCUT2D eigenvalue weighted by atomic mass is 35.5. The van der Waals surface area contributed by atoms with Gasteiger partial charge < -0.3 is 15.4 Å². The number of halogens is 1. The molecule has 100 valence electrons. The molecule has 2 rings (SSSR count). The van der Waals surface area contributed by atoms with Crippen molar-refractivity contribution in [1.82, 2.24) is 10.6 Å². The molecule has 2 heterocycles. The first kappa shape index (κ1) is 14.7. The molecule has 2 N–H and O–H groups in total. The van der Waals surface area contributed by atoms with Crippen LogP contribution in [0.3, 0.4) is 0 Å². The standard InChI is InChI=1S/C12H22N2O2.ClH/c1-12(5-3-6-13-8-12)9-14-11(15)10-4-2-7-16-10;/h10,13H,2-9H2,1H3,(H,14,15);1H/t10-,12?;/m1./s1. The zero-order valence-corrected chi connectivity index (χ0v) is 11.3. The van der Waals surface area contributed by atoms with Gasteiger partial charge >= 0.3 is 0 Å². The van der Waals surface area contributed by atoms with E-state index in [1.807, 2.05) is 0 Å². The highest BCUT2D eigenvalue weighted by molar-refractivity contribution is 5.85. The van der Waals surface area contributed by atoms with Gasteiger partial charge in [-0.05, 0) is 37.6 Å². The molecule has 0 spiro atoms. The minimum absolute atomic E-state index is 0. The van der Waals surface area contributed by atoms with Crippen molar-refractivity contribution in [3.63, 3.8) is 0 Å². The molecule has 0 radical (unpaired) electrons. The maximum atomic E-state index is 11.8. The van der Waals surface area contributed by atoms with E-state index in [1.54, 1.807) is 0 Å². The number of amides is 1. The lowest BCUT2D eigenvalue weighted by Gasteiger charge is -2.34. The second kappa shape index (κ2) is 6.57. The molecule has 4 nitrogen and oxygen atoms in total. The van der Waals surface area contributed by atoms with Gasteiger partial charge in [-0.25, -0.2) is 0 Å². The van der Waals surface area contributed by atoms with Gasteiger partial charge in [0.1, 0.15) is 6.10 Å². The minimum Gasteiger partial charge on any atom is -0.368 e. The van der Waals surface area contributed by atoms with E-state index in [4.69, 9.17) is 4.74 Å². The zero-order valence-electron chi connectivity index (χ0n) is 10.5. The number of rotatable bonds is 3. The number of carbonyl (C=O) groups excluding carboxylic acids is 1. The summed E-state index contributed by atoms with van der Waals surface area (Å²) in [6, 6.07) is 0. The molecule has 2 atom stereocenters. The predicted octanol–water partition coefficient (Wildman–Crippen LogP) is 1.09. The van der Waals surface area contributed by atoms with E-state index in [0.29, 0.717) is 0 Å². The second-order valence-electron chi connectivity index (χ2n) is 5.31. The molecular weight excluding hydrogens is 240 g/mol. The van der Waals surface area contributed by atoms with Gasteiger partial charge in [-0.15, -0.1) is 12.4 Å². The summed E-state index contributed by atoms with van der Waals surface area (Å²) in [5.74, 6) is 0.0734. The Bertz CT molecular complexity index is 249. The SMILES string of the molecule is CC1(CNC(=O)[C@H]2CCCO2)CCCNC1.Cl. The topological polar surface area (TPSA) is 50.4 Å². The Morgan fingerprint density at radius 2 is 2.35 bits per heavy atom. The first-order valence-electron chi connectivity index (χ1n) is 6.30. The molecule has 2 aliphatic rings. The Kier molecular flexibility index (Phi) is 5.70. The predicted molar refractivity (Wildman–Crippen MR) is 69.4 cm³/mol. The average Bonchev–Trinajstić information content (AvgIpc) is 2.80. The van der Waals surface area contributed by atoms with Crippen LogP contribution >= 0.6 is 12.4 Å². The van der Waals surface area contributed by atoms with Crippen molar-refractivity contribution < 1.29 is 9.53 Å². The molecule has 2 aliphatic heterocycles. The fourth-order valence-electron chi connectivity index (χ4n) is 2.47. The van der Waals surface area contributed by atoms with Crippen LogP contribution in [-0.4, -0.2) is 38.3 Å². The Morgan fingerprint density at radius 1 is 1.53 bits per heavy atom.